The number of nitrogens with one attached hydrogen (secondary N) is 4. The number of carbonyl (C=O) groups is 11. The molecule has 135 heavy (non-hydrogen) atoms. The van der Waals surface area contributed by atoms with Crippen molar-refractivity contribution in [2.45, 2.75) is 366 Å². The molecule has 49 heteroatoms. The van der Waals surface area contributed by atoms with Crippen LogP contribution in [-0.4, -0.2) is 278 Å². The van der Waals surface area contributed by atoms with E-state index in [1.807, 2.05) is 53.0 Å². The highest BCUT2D eigenvalue weighted by atomic mass is 79.9. The van der Waals surface area contributed by atoms with E-state index in [2.05, 4.69) is 47.4 Å². The molecule has 36 nitrogen and oxygen atoms in total. The maximum atomic E-state index is 15.2. The van der Waals surface area contributed by atoms with Crippen LogP contribution >= 0.6 is 32.9 Å². The first-order valence-electron chi connectivity index (χ1n) is 42.8. The maximum absolute atomic E-state index is 15.2. The summed E-state index contributed by atoms with van der Waals surface area (Å²) in [6.07, 6.45) is -4.13. The molecule has 8 N–H and O–H groups in total. The first-order valence-corrected chi connectivity index (χ1v) is 43.6. The van der Waals surface area contributed by atoms with Gasteiger partial charge in [0, 0.05) is 63.3 Å². The first-order chi connectivity index (χ1) is 59.7. The van der Waals surface area contributed by atoms with E-state index in [0.29, 0.717) is 41.2 Å². The Bertz CT molecular complexity index is 4380. The van der Waals surface area contributed by atoms with Crippen LogP contribution in [0.3, 0.4) is 0 Å². The monoisotopic (exact) mass is 2080 g/mol. The van der Waals surface area contributed by atoms with Crippen LogP contribution in [0.1, 0.15) is 278 Å². The molecular weight excluding hydrogens is 1940 g/mol. The van der Waals surface area contributed by atoms with Gasteiger partial charge in [0.15, 0.2) is 0 Å². The Morgan fingerprint density at radius 3 is 1.14 bits per heavy atom. The number of alkyl halides is 10. The highest BCUT2D eigenvalue weighted by Gasteiger charge is 2.56. The number of Topliss-reactive ketones (excluding diaryl/α,β-unsaturated/α-hetero) is 3. The molecule has 778 valence electrons. The summed E-state index contributed by atoms with van der Waals surface area (Å²) in [6.45, 7) is 51.8. The second-order valence-electron chi connectivity index (χ2n) is 39.4. The minimum atomic E-state index is -3.45. The van der Waals surface area contributed by atoms with Gasteiger partial charge in [0.2, 0.25) is 5.78 Å². The summed E-state index contributed by atoms with van der Waals surface area (Å²) in [6, 6.07) is -2.50. The minimum Gasteiger partial charge on any atom is -0.481 e. The third-order valence-corrected chi connectivity index (χ3v) is 20.1. The normalized spacial score (nSPS) is 20.0. The van der Waals surface area contributed by atoms with Crippen LogP contribution in [0.4, 0.5) is 72.7 Å². The van der Waals surface area contributed by atoms with Crippen LogP contribution in [0.15, 0.2) is 10.5 Å². The molecule has 6 amide bonds. The maximum Gasteiger partial charge on any atom is 0.498 e. The van der Waals surface area contributed by atoms with Crippen molar-refractivity contribution in [1.29, 1.82) is 0 Å². The lowest BCUT2D eigenvalue weighted by atomic mass is 9.77. The quantitative estimate of drug-likeness (QED) is 0.0209. The van der Waals surface area contributed by atoms with Crippen molar-refractivity contribution in [3.8, 4) is 0 Å². The minimum absolute atomic E-state index is 0. The third-order valence-electron chi connectivity index (χ3n) is 19.0. The molecule has 3 aromatic heterocycles. The molecule has 9 rings (SSSR count). The second-order valence-corrected chi connectivity index (χ2v) is 40.2. The number of hydrazine groups is 2. The summed E-state index contributed by atoms with van der Waals surface area (Å²) in [4.78, 5) is 122. The van der Waals surface area contributed by atoms with Gasteiger partial charge in [-0.3, -0.25) is 48.9 Å². The van der Waals surface area contributed by atoms with Crippen molar-refractivity contribution in [3.63, 3.8) is 0 Å². The molecule has 4 atom stereocenters. The van der Waals surface area contributed by atoms with Crippen molar-refractivity contribution in [2.75, 3.05) is 65.4 Å². The van der Waals surface area contributed by atoms with Gasteiger partial charge in [-0.05, 0) is 262 Å². The molecule has 4 unspecified atom stereocenters. The Morgan fingerprint density at radius 1 is 0.504 bits per heavy atom. The summed E-state index contributed by atoms with van der Waals surface area (Å²) in [5, 5.41) is 30.3. The number of ketones is 3. The van der Waals surface area contributed by atoms with E-state index < -0.39 is 186 Å². The Balaban J connectivity index is 0. The fourth-order valence-corrected chi connectivity index (χ4v) is 13.0. The largest absolute Gasteiger partial charge is 0.498 e. The number of aliphatic carboxylic acids is 2. The average Bonchev–Trinajstić information content (AvgIpc) is 1.58. The molecule has 0 saturated carbocycles. The number of likely N-dealkylation sites (tertiary alicyclic amines) is 4. The SMILES string of the molecule is Br.C.CC(=O)CC(C)=O.CC(=O)O.CC(=O)O.CC(C)(C)OC(=O)N1CCC(=O)C(F)(F)C1.CC(C)(C)OC(=O)NN.CC(C)(C)OC(=O)NNC1CCN(C(=O)OC(C)(C)C)CC1(F)F.Cc1cc(C)n(C2CCNCC2(F)F)n1.Cc1nn(C2CCN(C(=O)OC(C)(C)C)CC2(F)F)c(C)c1B1OC(C)(C)C(C)(C)O1.Cc1nn(C2CCN(C(=O)OC(C)(C)C)CC2(F)F)c(C)c1Br. The number of carboxylic acids is 2. The van der Waals surface area contributed by atoms with Crippen molar-refractivity contribution in [1.82, 2.24) is 70.5 Å². The molecular formula is C86H146BBr2F10N15O21. The lowest BCUT2D eigenvalue weighted by molar-refractivity contribution is -0.150. The lowest BCUT2D eigenvalue weighted by Crippen LogP contribution is -2.62. The number of halogens is 12. The number of nitrogens with zero attached hydrogens (tertiary/aromatic N) is 10. The lowest BCUT2D eigenvalue weighted by Gasteiger charge is -2.39. The smallest absolute Gasteiger partial charge is 0.481 e. The number of carboxylic acid groups (broad SMARTS) is 2. The van der Waals surface area contributed by atoms with Gasteiger partial charge in [-0.25, -0.2) is 75.2 Å². The van der Waals surface area contributed by atoms with Crippen LogP contribution in [0.2, 0.25) is 0 Å². The zero-order valence-electron chi connectivity index (χ0n) is 83.0. The van der Waals surface area contributed by atoms with E-state index in [0.717, 1.165) is 49.3 Å². The topological polar surface area (TPSA) is 443 Å². The van der Waals surface area contributed by atoms with E-state index in [-0.39, 0.29) is 101 Å². The van der Waals surface area contributed by atoms with Gasteiger partial charge in [0.05, 0.1) is 83.6 Å². The number of aryl methyl sites for hydroxylation is 4. The summed E-state index contributed by atoms with van der Waals surface area (Å²) < 4.78 is 189. The molecule has 0 bridgehead atoms. The van der Waals surface area contributed by atoms with E-state index >= 15 is 8.78 Å². The Labute approximate surface area is 804 Å². The van der Waals surface area contributed by atoms with Crippen molar-refractivity contribution in [2.24, 2.45) is 5.84 Å². The fourth-order valence-electron chi connectivity index (χ4n) is 12.8. The van der Waals surface area contributed by atoms with E-state index in [4.69, 9.17) is 63.4 Å². The van der Waals surface area contributed by atoms with E-state index in [9.17, 15) is 78.3 Å². The highest BCUT2D eigenvalue weighted by molar-refractivity contribution is 9.10. The molecule has 3 aromatic rings. The number of ether oxygens (including phenoxy) is 6. The zero-order valence-corrected chi connectivity index (χ0v) is 86.3. The number of carbonyl (C=O) groups excluding carboxylic acids is 9. The van der Waals surface area contributed by atoms with E-state index in [1.165, 1.54) is 27.9 Å². The standard InChI is InChI=1S/C21H34BF2N3O4.C15H22BrF2N3O2.C15H27F2N3O4.C10H15F2N3.C10H15F2NO3.C5H12N2O2.C5H8O2.2C2H4O2.CH4.BrH/c1-13-16(22-30-19(6,7)20(8,9)31-22)14(2)27(25-13)15-10-11-26(12-21(15,23)24)17(28)29-18(3,4)5;1-9-12(16)10(2)21(19-9)11-6-7-20(8-15(11,17)18)13(22)23-14(3,4)5;1-13(2,3)23-11(21)19-18-10-7-8-20(9-15(10,16)17)12(22)24-14(4,5)6;1-7-5-8(2)15(14-7)9-3-4-13-6-10(9,11)12;1-9(2,3)16-8(15)13-5-4-7(14)10(11,12)6-13;1-5(2,3)9-4(8)7-6;1-4(6)3-5(2)7;2*1-2(3)4;;/h15H,10-12H2,1-9H3;11H,6-8H2,1-5H3;10,18H,7-9H2,1-6H3,(H,19,21);5,9,13H,3-4,6H2,1-2H3;4-6H2,1-3H3;6H2,1-3H3,(H,7,8);3H2,1-2H3;2*1H3,(H,3,4);1H4;1H. The van der Waals surface area contributed by atoms with Crippen molar-refractivity contribution in [3.05, 3.63) is 44.7 Å². The van der Waals surface area contributed by atoms with E-state index in [1.54, 1.807) is 152 Å². The predicted molar refractivity (Wildman–Crippen MR) is 492 cm³/mol. The average molecular weight is 2090 g/mol. The zero-order chi connectivity index (χ0) is 104. The number of nitrogens with two attached hydrogens (primary N) is 1. The summed E-state index contributed by atoms with van der Waals surface area (Å²) in [5.41, 5.74) is 5.88. The Hall–Kier alpha value is -8.68. The van der Waals surface area contributed by atoms with Crippen LogP contribution in [0.5, 0.6) is 0 Å². The molecule has 6 aliphatic rings. The Kier molecular flexibility index (Phi) is 48.8. The number of amides is 6. The molecule has 9 heterocycles. The molecule has 0 aromatic carbocycles. The van der Waals surface area contributed by atoms with Crippen LogP contribution in [0.25, 0.3) is 0 Å². The van der Waals surface area contributed by atoms with Gasteiger partial charge in [-0.2, -0.15) is 24.1 Å². The van der Waals surface area contributed by atoms with Crippen molar-refractivity contribution >= 4 is 111 Å². The fraction of sp³-hybridized carbons (Fsp3) is 0.767. The highest BCUT2D eigenvalue weighted by Crippen LogP contribution is 2.43. The van der Waals surface area contributed by atoms with Gasteiger partial charge in [0.1, 0.15) is 63.3 Å². The number of aromatic nitrogens is 6. The van der Waals surface area contributed by atoms with Crippen LogP contribution in [-0.2, 0) is 61.7 Å². The van der Waals surface area contributed by atoms with Gasteiger partial charge < -0.3 is 72.9 Å². The summed E-state index contributed by atoms with van der Waals surface area (Å²) in [5.74, 6) is -13.8. The number of hydrogen-bond acceptors (Lipinski definition) is 25. The summed E-state index contributed by atoms with van der Waals surface area (Å²) >= 11 is 3.36. The summed E-state index contributed by atoms with van der Waals surface area (Å²) in [7, 11) is -0.672. The van der Waals surface area contributed by atoms with Gasteiger partial charge in [-0.15, -0.1) is 17.0 Å². The first kappa shape index (κ1) is 128. The van der Waals surface area contributed by atoms with Crippen LogP contribution in [0, 0.1) is 41.5 Å². The third kappa shape index (κ3) is 45.2. The molecule has 0 aliphatic carbocycles. The molecule has 6 fully saturated rings. The second kappa shape index (κ2) is 51.3. The molecule has 6 saturated heterocycles. The molecule has 6 aliphatic heterocycles. The van der Waals surface area contributed by atoms with Crippen LogP contribution < -0.4 is 32.9 Å². The molecule has 0 spiro atoms. The number of piperidine rings is 5. The van der Waals surface area contributed by atoms with Gasteiger partial charge in [0.25, 0.3) is 35.6 Å². The number of hydrogen-bond donors (Lipinski definition) is 7. The predicted octanol–water partition coefficient (Wildman–Crippen LogP) is 16.2. The Morgan fingerprint density at radius 2 is 0.844 bits per heavy atom. The molecule has 0 radical (unpaired) electrons. The van der Waals surface area contributed by atoms with Gasteiger partial charge >= 0.3 is 49.6 Å². The number of rotatable bonds is 8. The van der Waals surface area contributed by atoms with Crippen molar-refractivity contribution < 1.29 is 145 Å². The van der Waals surface area contributed by atoms with Gasteiger partial charge in [-0.1, -0.05) is 7.43 Å².